The molecule has 176 valence electrons. The maximum absolute atomic E-state index is 14.4. The minimum absolute atomic E-state index is 0.111. The molecule has 3 aromatic carbocycles. The number of benzene rings is 3. The summed E-state index contributed by atoms with van der Waals surface area (Å²) in [5.41, 5.74) is 1.34. The molecule has 0 aliphatic carbocycles. The fourth-order valence-electron chi connectivity index (χ4n) is 5.86. The van der Waals surface area contributed by atoms with E-state index in [1.54, 1.807) is 42.5 Å². The number of carbonyl (C=O) groups excluding carboxylic acids is 3. The number of phenolic OH excluding ortho intramolecular Hbond substituents is 1. The lowest BCUT2D eigenvalue weighted by atomic mass is 9.76. The molecule has 0 unspecified atom stereocenters. The number of aromatic hydroxyl groups is 1. The van der Waals surface area contributed by atoms with Gasteiger partial charge in [-0.3, -0.25) is 19.7 Å². The van der Waals surface area contributed by atoms with Crippen LogP contribution in [0.3, 0.4) is 0 Å². The lowest BCUT2D eigenvalue weighted by molar-refractivity contribution is -0.130. The first-order valence-electron chi connectivity index (χ1n) is 11.4. The smallest absolute Gasteiger partial charge is 0.250 e. The highest BCUT2D eigenvalue weighted by atomic mass is 19.1. The van der Waals surface area contributed by atoms with Crippen molar-refractivity contribution in [2.45, 2.75) is 24.9 Å². The summed E-state index contributed by atoms with van der Waals surface area (Å²) in [5, 5.41) is 15.7. The Morgan fingerprint density at radius 3 is 2.51 bits per heavy atom. The summed E-state index contributed by atoms with van der Waals surface area (Å²) in [4.78, 5) is 42.4. The van der Waals surface area contributed by atoms with Gasteiger partial charge in [0.2, 0.25) is 17.7 Å². The molecule has 35 heavy (non-hydrogen) atoms. The molecule has 3 aliphatic heterocycles. The second kappa shape index (κ2) is 7.48. The first-order chi connectivity index (χ1) is 16.8. The number of rotatable bonds is 3. The Bertz CT molecular complexity index is 1410. The van der Waals surface area contributed by atoms with Crippen LogP contribution in [0, 0.1) is 24.6 Å². The fourth-order valence-corrected chi connectivity index (χ4v) is 5.86. The Kier molecular flexibility index (Phi) is 4.59. The molecule has 1 spiro atoms. The van der Waals surface area contributed by atoms with E-state index < -0.39 is 47.0 Å². The van der Waals surface area contributed by atoms with Crippen LogP contribution in [0.2, 0.25) is 0 Å². The van der Waals surface area contributed by atoms with Crippen LogP contribution in [-0.4, -0.2) is 28.9 Å². The third kappa shape index (κ3) is 3.03. The van der Waals surface area contributed by atoms with Crippen LogP contribution in [0.25, 0.3) is 0 Å². The highest BCUT2D eigenvalue weighted by Gasteiger charge is 2.70. The normalized spacial score (nSPS) is 26.9. The molecule has 3 N–H and O–H groups in total. The molecule has 0 bridgehead atoms. The molecular formula is C27H22FN3O4. The number of amides is 3. The predicted molar refractivity (Wildman–Crippen MR) is 126 cm³/mol. The second-order valence-corrected chi connectivity index (χ2v) is 9.43. The predicted octanol–water partition coefficient (Wildman–Crippen LogP) is 3.01. The van der Waals surface area contributed by atoms with Crippen molar-refractivity contribution in [3.63, 3.8) is 0 Å². The molecule has 3 amide bonds. The lowest BCUT2D eigenvalue weighted by Gasteiger charge is -2.29. The molecule has 6 rings (SSSR count). The number of hydrogen-bond donors (Lipinski definition) is 3. The standard InChI is InChI=1S/C27H22FN3O4/c1-14-3-2-4-17(11-14)31-24(33)22-21(12-15-5-8-18(32)9-6-15)30-27(23(22)25(31)34)19-13-16(28)7-10-20(19)29-26(27)35/h2-11,13,21-23,30,32H,12H2,1H3,(H,29,35)/t21-,22+,23-,27-/m0/s1. The van der Waals surface area contributed by atoms with Crippen molar-refractivity contribution in [3.05, 3.63) is 89.2 Å². The van der Waals surface area contributed by atoms with Gasteiger partial charge in [-0.05, 0) is 66.9 Å². The molecule has 7 nitrogen and oxygen atoms in total. The van der Waals surface area contributed by atoms with Crippen molar-refractivity contribution < 1.29 is 23.9 Å². The number of anilines is 2. The van der Waals surface area contributed by atoms with E-state index in [1.807, 2.05) is 13.0 Å². The molecular weight excluding hydrogens is 449 g/mol. The first kappa shape index (κ1) is 21.5. The van der Waals surface area contributed by atoms with E-state index in [0.717, 1.165) is 11.1 Å². The number of aryl methyl sites for hydroxylation is 1. The maximum atomic E-state index is 14.4. The molecule has 2 fully saturated rings. The first-order valence-corrected chi connectivity index (χ1v) is 11.4. The van der Waals surface area contributed by atoms with E-state index in [9.17, 15) is 23.9 Å². The van der Waals surface area contributed by atoms with E-state index in [1.165, 1.54) is 23.1 Å². The number of imide groups is 1. The van der Waals surface area contributed by atoms with Crippen molar-refractivity contribution in [3.8, 4) is 5.75 Å². The van der Waals surface area contributed by atoms with Crippen molar-refractivity contribution >= 4 is 29.1 Å². The van der Waals surface area contributed by atoms with Crippen molar-refractivity contribution in [1.29, 1.82) is 0 Å². The third-order valence-electron chi connectivity index (χ3n) is 7.33. The molecule has 0 saturated carbocycles. The summed E-state index contributed by atoms with van der Waals surface area (Å²) in [6, 6.07) is 17.1. The van der Waals surface area contributed by atoms with E-state index in [0.29, 0.717) is 23.4 Å². The quantitative estimate of drug-likeness (QED) is 0.510. The number of hydrogen-bond acceptors (Lipinski definition) is 5. The SMILES string of the molecule is Cc1cccc(N2C(=O)[C@@H]3[C@H](Cc4ccc(O)cc4)N[C@]4(C(=O)Nc5ccc(F)cc54)[C@@H]3C2=O)c1. The summed E-state index contributed by atoms with van der Waals surface area (Å²) in [6.45, 7) is 1.87. The Balaban J connectivity index is 1.50. The zero-order valence-electron chi connectivity index (χ0n) is 18.8. The monoisotopic (exact) mass is 471 g/mol. The van der Waals surface area contributed by atoms with Crippen LogP contribution in [0.5, 0.6) is 5.75 Å². The number of nitrogens with zero attached hydrogens (tertiary/aromatic N) is 1. The van der Waals surface area contributed by atoms with Crippen molar-refractivity contribution in [2.75, 3.05) is 10.2 Å². The molecule has 2 saturated heterocycles. The zero-order valence-corrected chi connectivity index (χ0v) is 18.8. The van der Waals surface area contributed by atoms with Gasteiger partial charge in [0.05, 0.1) is 17.5 Å². The number of carbonyl (C=O) groups is 3. The largest absolute Gasteiger partial charge is 0.508 e. The van der Waals surface area contributed by atoms with E-state index in [4.69, 9.17) is 0 Å². The number of halogens is 1. The maximum Gasteiger partial charge on any atom is 0.250 e. The number of fused-ring (bicyclic) bond motifs is 4. The lowest BCUT2D eigenvalue weighted by Crippen LogP contribution is -2.53. The fraction of sp³-hybridized carbons (Fsp3) is 0.222. The molecule has 0 radical (unpaired) electrons. The van der Waals surface area contributed by atoms with Gasteiger partial charge in [-0.1, -0.05) is 24.3 Å². The van der Waals surface area contributed by atoms with Gasteiger partial charge in [-0.2, -0.15) is 0 Å². The number of nitrogens with one attached hydrogen (secondary N) is 2. The van der Waals surface area contributed by atoms with Gasteiger partial charge in [-0.25, -0.2) is 9.29 Å². The van der Waals surface area contributed by atoms with Crippen LogP contribution in [-0.2, 0) is 26.3 Å². The van der Waals surface area contributed by atoms with Crippen LogP contribution >= 0.6 is 0 Å². The van der Waals surface area contributed by atoms with Crippen molar-refractivity contribution in [1.82, 2.24) is 5.32 Å². The Morgan fingerprint density at radius 1 is 1.00 bits per heavy atom. The van der Waals surface area contributed by atoms with E-state index in [2.05, 4.69) is 10.6 Å². The van der Waals surface area contributed by atoms with Crippen LogP contribution in [0.15, 0.2) is 66.7 Å². The van der Waals surface area contributed by atoms with Gasteiger partial charge >= 0.3 is 0 Å². The van der Waals surface area contributed by atoms with E-state index >= 15 is 0 Å². The average molecular weight is 471 g/mol. The summed E-state index contributed by atoms with van der Waals surface area (Å²) in [5.74, 6) is -3.66. The van der Waals surface area contributed by atoms with Crippen molar-refractivity contribution in [2.24, 2.45) is 11.8 Å². The minimum Gasteiger partial charge on any atom is -0.508 e. The Labute approximate surface area is 200 Å². The van der Waals surface area contributed by atoms with Gasteiger partial charge in [0.25, 0.3) is 0 Å². The molecule has 3 aliphatic rings. The highest BCUT2D eigenvalue weighted by molar-refractivity contribution is 6.25. The summed E-state index contributed by atoms with van der Waals surface area (Å²) >= 11 is 0. The molecule has 4 atom stereocenters. The topological polar surface area (TPSA) is 98.7 Å². The molecule has 3 heterocycles. The highest BCUT2D eigenvalue weighted by Crippen LogP contribution is 2.54. The summed E-state index contributed by atoms with van der Waals surface area (Å²) in [6.07, 6.45) is 0.335. The Hall–Kier alpha value is -4.04. The summed E-state index contributed by atoms with van der Waals surface area (Å²) < 4.78 is 14.4. The second-order valence-electron chi connectivity index (χ2n) is 9.43. The van der Waals surface area contributed by atoms with Gasteiger partial charge in [0, 0.05) is 17.3 Å². The van der Waals surface area contributed by atoms with Gasteiger partial charge in [0.1, 0.15) is 17.1 Å². The average Bonchev–Trinajstić information content (AvgIpc) is 3.40. The Morgan fingerprint density at radius 2 is 1.77 bits per heavy atom. The number of phenols is 1. The van der Waals surface area contributed by atoms with Crippen LogP contribution < -0.4 is 15.5 Å². The van der Waals surface area contributed by atoms with Crippen LogP contribution in [0.1, 0.15) is 16.7 Å². The van der Waals surface area contributed by atoms with E-state index in [-0.39, 0.29) is 5.75 Å². The van der Waals surface area contributed by atoms with Gasteiger partial charge < -0.3 is 10.4 Å². The zero-order chi connectivity index (χ0) is 24.5. The minimum atomic E-state index is -1.57. The molecule has 0 aromatic heterocycles. The summed E-state index contributed by atoms with van der Waals surface area (Å²) in [7, 11) is 0. The third-order valence-corrected chi connectivity index (χ3v) is 7.33. The molecule has 3 aromatic rings. The van der Waals surface area contributed by atoms with Gasteiger partial charge in [0.15, 0.2) is 0 Å². The van der Waals surface area contributed by atoms with Crippen LogP contribution in [0.4, 0.5) is 15.8 Å². The molecule has 8 heteroatoms. The van der Waals surface area contributed by atoms with Gasteiger partial charge in [-0.15, -0.1) is 0 Å².